The van der Waals surface area contributed by atoms with E-state index in [1.807, 2.05) is 42.5 Å². The van der Waals surface area contributed by atoms with Gasteiger partial charge in [0.2, 0.25) is 0 Å². The molecule has 0 aliphatic heterocycles. The summed E-state index contributed by atoms with van der Waals surface area (Å²) in [5.74, 6) is 0. The van der Waals surface area contributed by atoms with E-state index in [4.69, 9.17) is 0 Å². The second kappa shape index (κ2) is 3.70. The number of fused-ring (bicyclic) bond motifs is 1. The van der Waals surface area contributed by atoms with Crippen molar-refractivity contribution in [2.45, 2.75) is 0 Å². The summed E-state index contributed by atoms with van der Waals surface area (Å²) in [7, 11) is 0. The Labute approximate surface area is 92.8 Å². The lowest BCUT2D eigenvalue weighted by atomic mass is 10.1. The quantitative estimate of drug-likeness (QED) is 0.615. The molecule has 0 spiro atoms. The van der Waals surface area contributed by atoms with Crippen molar-refractivity contribution in [2.75, 3.05) is 0 Å². The third kappa shape index (κ3) is 1.42. The van der Waals surface area contributed by atoms with E-state index >= 15 is 0 Å². The van der Waals surface area contributed by atoms with Crippen molar-refractivity contribution in [1.82, 2.24) is 15.2 Å². The first-order valence-corrected chi connectivity index (χ1v) is 5.07. The second-order valence-corrected chi connectivity index (χ2v) is 3.50. The zero-order valence-corrected chi connectivity index (χ0v) is 8.54. The van der Waals surface area contributed by atoms with Crippen LogP contribution in [0.1, 0.15) is 0 Å². The summed E-state index contributed by atoms with van der Waals surface area (Å²) in [4.78, 5) is 4.36. The number of hydrogen-bond acceptors (Lipinski definition) is 3. The predicted octanol–water partition coefficient (Wildman–Crippen LogP) is 2.69. The normalized spacial score (nSPS) is 10.5. The van der Waals surface area contributed by atoms with Crippen LogP contribution in [0.25, 0.3) is 22.2 Å². The fourth-order valence-corrected chi connectivity index (χ4v) is 1.71. The van der Waals surface area contributed by atoms with Crippen LogP contribution in [-0.2, 0) is 0 Å². The summed E-state index contributed by atoms with van der Waals surface area (Å²) in [5.41, 5.74) is 2.77. The summed E-state index contributed by atoms with van der Waals surface area (Å²) < 4.78 is 0. The Morgan fingerprint density at radius 2 is 1.75 bits per heavy atom. The van der Waals surface area contributed by atoms with E-state index in [0.717, 1.165) is 22.2 Å². The molecule has 0 N–H and O–H groups in total. The Kier molecular flexibility index (Phi) is 2.07. The van der Waals surface area contributed by atoms with Gasteiger partial charge in [-0.3, -0.25) is 4.98 Å². The maximum atomic E-state index is 4.36. The van der Waals surface area contributed by atoms with Gasteiger partial charge < -0.3 is 0 Å². The maximum Gasteiger partial charge on any atom is 0.119 e. The van der Waals surface area contributed by atoms with Crippen molar-refractivity contribution >= 4 is 10.9 Å². The first kappa shape index (κ1) is 8.97. The van der Waals surface area contributed by atoms with Gasteiger partial charge in [-0.05, 0) is 12.1 Å². The first-order chi connectivity index (χ1) is 7.95. The summed E-state index contributed by atoms with van der Waals surface area (Å²) in [6.07, 6.45) is 3.51. The summed E-state index contributed by atoms with van der Waals surface area (Å²) in [6.45, 7) is 0. The molecule has 3 nitrogen and oxygen atoms in total. The van der Waals surface area contributed by atoms with E-state index in [-0.39, 0.29) is 0 Å². The molecule has 0 radical (unpaired) electrons. The van der Waals surface area contributed by atoms with E-state index in [2.05, 4.69) is 15.2 Å². The van der Waals surface area contributed by atoms with Gasteiger partial charge in [0.25, 0.3) is 0 Å². The molecular formula is C13H9N3. The van der Waals surface area contributed by atoms with Gasteiger partial charge in [-0.25, -0.2) is 0 Å². The molecule has 3 aromatic rings. The van der Waals surface area contributed by atoms with Crippen molar-refractivity contribution < 1.29 is 0 Å². The van der Waals surface area contributed by atoms with Crippen LogP contribution in [0.15, 0.2) is 54.9 Å². The van der Waals surface area contributed by atoms with E-state index in [9.17, 15) is 0 Å². The summed E-state index contributed by atoms with van der Waals surface area (Å²) in [6, 6.07) is 13.9. The molecule has 0 aliphatic rings. The topological polar surface area (TPSA) is 38.7 Å². The zero-order chi connectivity index (χ0) is 10.8. The molecule has 1 aromatic carbocycles. The van der Waals surface area contributed by atoms with Crippen LogP contribution in [-0.4, -0.2) is 15.2 Å². The van der Waals surface area contributed by atoms with E-state index in [1.165, 1.54) is 0 Å². The third-order valence-corrected chi connectivity index (χ3v) is 2.47. The standard InChI is InChI=1S/C13H9N3/c1-2-5-10(6-3-1)13-12-11(9-15-16-13)7-4-8-14-12/h1-9H. The van der Waals surface area contributed by atoms with Crippen LogP contribution in [0.3, 0.4) is 0 Å². The molecule has 2 aromatic heterocycles. The second-order valence-electron chi connectivity index (χ2n) is 3.50. The molecule has 0 fully saturated rings. The van der Waals surface area contributed by atoms with Gasteiger partial charge >= 0.3 is 0 Å². The van der Waals surface area contributed by atoms with Crippen LogP contribution in [0.2, 0.25) is 0 Å². The Morgan fingerprint density at radius 1 is 0.875 bits per heavy atom. The monoisotopic (exact) mass is 207 g/mol. The van der Waals surface area contributed by atoms with Crippen molar-refractivity contribution in [3.05, 3.63) is 54.9 Å². The van der Waals surface area contributed by atoms with Crippen LogP contribution < -0.4 is 0 Å². The molecule has 2 heterocycles. The van der Waals surface area contributed by atoms with Crippen molar-refractivity contribution in [1.29, 1.82) is 0 Å². The molecular weight excluding hydrogens is 198 g/mol. The third-order valence-electron chi connectivity index (χ3n) is 2.47. The molecule has 0 bridgehead atoms. The van der Waals surface area contributed by atoms with Gasteiger partial charge in [-0.1, -0.05) is 30.3 Å². The SMILES string of the molecule is c1ccc(-c2nncc3cccnc23)cc1. The Bertz CT molecular complexity index is 615. The molecule has 0 saturated heterocycles. The van der Waals surface area contributed by atoms with Gasteiger partial charge in [0.05, 0.1) is 11.7 Å². The Morgan fingerprint density at radius 3 is 2.62 bits per heavy atom. The van der Waals surface area contributed by atoms with Crippen molar-refractivity contribution in [3.63, 3.8) is 0 Å². The Hall–Kier alpha value is -2.29. The number of aromatic nitrogens is 3. The van der Waals surface area contributed by atoms with E-state index < -0.39 is 0 Å². The molecule has 76 valence electrons. The average Bonchev–Trinajstić information content (AvgIpc) is 2.39. The van der Waals surface area contributed by atoms with Crippen molar-refractivity contribution in [2.24, 2.45) is 0 Å². The maximum absolute atomic E-state index is 4.36. The van der Waals surface area contributed by atoms with Gasteiger partial charge in [0, 0.05) is 17.1 Å². The van der Waals surface area contributed by atoms with Crippen molar-refractivity contribution in [3.8, 4) is 11.3 Å². The molecule has 0 atom stereocenters. The fourth-order valence-electron chi connectivity index (χ4n) is 1.71. The summed E-state index contributed by atoms with van der Waals surface area (Å²) >= 11 is 0. The Balaban J connectivity index is 2.32. The summed E-state index contributed by atoms with van der Waals surface area (Å²) in [5, 5.41) is 9.17. The first-order valence-electron chi connectivity index (χ1n) is 5.07. The molecule has 0 saturated carbocycles. The van der Waals surface area contributed by atoms with E-state index in [0.29, 0.717) is 0 Å². The fraction of sp³-hybridized carbons (Fsp3) is 0. The lowest BCUT2D eigenvalue weighted by Gasteiger charge is -2.02. The van der Waals surface area contributed by atoms with Gasteiger partial charge in [0.15, 0.2) is 0 Å². The highest BCUT2D eigenvalue weighted by Crippen LogP contribution is 2.22. The van der Waals surface area contributed by atoms with Crippen LogP contribution in [0.5, 0.6) is 0 Å². The average molecular weight is 207 g/mol. The van der Waals surface area contributed by atoms with Gasteiger partial charge in [-0.2, -0.15) is 5.10 Å². The van der Waals surface area contributed by atoms with E-state index in [1.54, 1.807) is 12.4 Å². The largest absolute Gasteiger partial charge is 0.254 e. The molecule has 0 aliphatic carbocycles. The minimum atomic E-state index is 0.832. The van der Waals surface area contributed by atoms with Gasteiger partial charge in [-0.15, -0.1) is 5.10 Å². The smallest absolute Gasteiger partial charge is 0.119 e. The minimum absolute atomic E-state index is 0.832. The molecule has 0 unspecified atom stereocenters. The highest BCUT2D eigenvalue weighted by molar-refractivity contribution is 5.90. The number of nitrogens with zero attached hydrogens (tertiary/aromatic N) is 3. The van der Waals surface area contributed by atoms with Crippen LogP contribution in [0.4, 0.5) is 0 Å². The number of hydrogen-bond donors (Lipinski definition) is 0. The lowest BCUT2D eigenvalue weighted by Crippen LogP contribution is -1.91. The lowest BCUT2D eigenvalue weighted by molar-refractivity contribution is 1.05. The van der Waals surface area contributed by atoms with Crippen LogP contribution in [0, 0.1) is 0 Å². The number of benzene rings is 1. The molecule has 3 heteroatoms. The zero-order valence-electron chi connectivity index (χ0n) is 8.54. The molecule has 3 rings (SSSR count). The van der Waals surface area contributed by atoms with Crippen LogP contribution >= 0.6 is 0 Å². The number of rotatable bonds is 1. The highest BCUT2D eigenvalue weighted by Gasteiger charge is 2.05. The van der Waals surface area contributed by atoms with Gasteiger partial charge in [0.1, 0.15) is 5.69 Å². The molecule has 16 heavy (non-hydrogen) atoms. The minimum Gasteiger partial charge on any atom is -0.254 e. The predicted molar refractivity (Wildman–Crippen MR) is 62.8 cm³/mol. The number of pyridine rings is 1. The highest BCUT2D eigenvalue weighted by atomic mass is 15.1. The molecule has 0 amide bonds.